The number of nitrogens with zero attached hydrogens (tertiary/aromatic N) is 4. The number of likely N-dealkylation sites (tertiary alicyclic amines) is 1. The summed E-state index contributed by atoms with van der Waals surface area (Å²) in [7, 11) is 0. The molecular formula is C27H28N4S. The predicted molar refractivity (Wildman–Crippen MR) is 136 cm³/mol. The number of piperidine rings is 1. The first-order valence-electron chi connectivity index (χ1n) is 11.0. The summed E-state index contributed by atoms with van der Waals surface area (Å²) in [6.07, 6.45) is 6.01. The molecule has 0 radical (unpaired) electrons. The van der Waals surface area contributed by atoms with Crippen molar-refractivity contribution < 1.29 is 0 Å². The molecule has 0 amide bonds. The van der Waals surface area contributed by atoms with Crippen LogP contribution in [-0.2, 0) is 6.54 Å². The molecule has 0 saturated carbocycles. The third-order valence-electron chi connectivity index (χ3n) is 5.90. The average Bonchev–Trinajstić information content (AvgIpc) is 2.85. The van der Waals surface area contributed by atoms with Crippen molar-refractivity contribution >= 4 is 29.5 Å². The molecule has 4 nitrogen and oxygen atoms in total. The van der Waals surface area contributed by atoms with Gasteiger partial charge in [-0.2, -0.15) is 5.26 Å². The smallest absolute Gasteiger partial charge is 0.0992 e. The predicted octanol–water partition coefficient (Wildman–Crippen LogP) is 6.06. The van der Waals surface area contributed by atoms with Gasteiger partial charge < -0.3 is 4.90 Å². The molecule has 1 fully saturated rings. The topological polar surface area (TPSA) is 42.6 Å². The largest absolute Gasteiger partial charge is 0.338 e. The lowest BCUT2D eigenvalue weighted by molar-refractivity contribution is 0.205. The van der Waals surface area contributed by atoms with E-state index in [1.807, 2.05) is 30.7 Å². The van der Waals surface area contributed by atoms with Gasteiger partial charge in [-0.25, -0.2) is 4.40 Å². The van der Waals surface area contributed by atoms with Crippen LogP contribution in [0.25, 0.3) is 0 Å². The fraction of sp³-hybridized carbons (Fsp3) is 0.259. The van der Waals surface area contributed by atoms with E-state index in [-0.39, 0.29) is 0 Å². The van der Waals surface area contributed by atoms with E-state index in [0.717, 1.165) is 49.4 Å². The van der Waals surface area contributed by atoms with Crippen LogP contribution in [-0.4, -0.2) is 36.5 Å². The summed E-state index contributed by atoms with van der Waals surface area (Å²) >= 11 is 1.46. The molecule has 1 saturated heterocycles. The Morgan fingerprint density at radius 3 is 2.44 bits per heavy atom. The van der Waals surface area contributed by atoms with E-state index in [1.165, 1.54) is 17.5 Å². The Hall–Kier alpha value is -3.07. The van der Waals surface area contributed by atoms with Gasteiger partial charge in [0.1, 0.15) is 0 Å². The molecule has 32 heavy (non-hydrogen) atoms. The Morgan fingerprint density at radius 2 is 1.75 bits per heavy atom. The minimum Gasteiger partial charge on any atom is -0.338 e. The van der Waals surface area contributed by atoms with Gasteiger partial charge in [0.2, 0.25) is 0 Å². The third-order valence-corrected chi connectivity index (χ3v) is 6.22. The molecule has 3 aromatic rings. The van der Waals surface area contributed by atoms with Gasteiger partial charge in [-0.1, -0.05) is 48.5 Å². The standard InChI is InChI=1S/C27H28N4S/c1-32-29-20-22-10-12-25(13-11-22)31(27-9-5-8-24(18-27)19-28)26-14-16-30(17-15-26)21-23-6-3-2-4-7-23/h2-13,18,20,26H,14-17,21H2,1H3/b29-20+. The summed E-state index contributed by atoms with van der Waals surface area (Å²) in [5.41, 5.74) is 5.38. The van der Waals surface area contributed by atoms with Crippen molar-refractivity contribution in [1.29, 1.82) is 5.26 Å². The van der Waals surface area contributed by atoms with Crippen LogP contribution >= 0.6 is 11.9 Å². The quantitative estimate of drug-likeness (QED) is 0.331. The maximum Gasteiger partial charge on any atom is 0.0992 e. The summed E-state index contributed by atoms with van der Waals surface area (Å²) in [5, 5.41) is 9.43. The SMILES string of the molecule is CS/N=C/c1ccc(N(c2cccc(C#N)c2)C2CCN(Cc3ccccc3)CC2)cc1. The van der Waals surface area contributed by atoms with Crippen molar-refractivity contribution in [3.8, 4) is 6.07 Å². The van der Waals surface area contributed by atoms with E-state index in [9.17, 15) is 5.26 Å². The van der Waals surface area contributed by atoms with E-state index in [1.54, 1.807) is 0 Å². The first kappa shape index (κ1) is 22.1. The molecular weight excluding hydrogens is 412 g/mol. The van der Waals surface area contributed by atoms with E-state index in [4.69, 9.17) is 0 Å². The minimum absolute atomic E-state index is 0.390. The van der Waals surface area contributed by atoms with Gasteiger partial charge in [0.05, 0.1) is 11.6 Å². The third kappa shape index (κ3) is 5.59. The van der Waals surface area contributed by atoms with Crippen molar-refractivity contribution in [3.05, 3.63) is 95.6 Å². The molecule has 0 aromatic heterocycles. The molecule has 3 aromatic carbocycles. The lowest BCUT2D eigenvalue weighted by atomic mass is 10.00. The molecule has 0 N–H and O–H groups in total. The highest BCUT2D eigenvalue weighted by molar-refractivity contribution is 7.97. The van der Waals surface area contributed by atoms with Crippen molar-refractivity contribution in [2.24, 2.45) is 4.40 Å². The molecule has 0 spiro atoms. The maximum atomic E-state index is 9.43. The number of anilines is 2. The van der Waals surface area contributed by atoms with Crippen LogP contribution in [0.15, 0.2) is 83.3 Å². The molecule has 4 rings (SSSR count). The van der Waals surface area contributed by atoms with Crippen LogP contribution < -0.4 is 4.90 Å². The second-order valence-electron chi connectivity index (χ2n) is 8.03. The maximum absolute atomic E-state index is 9.43. The summed E-state index contributed by atoms with van der Waals surface area (Å²) in [6, 6.07) is 29.9. The molecule has 0 unspecified atom stereocenters. The zero-order chi connectivity index (χ0) is 22.2. The van der Waals surface area contributed by atoms with Crippen LogP contribution in [0.3, 0.4) is 0 Å². The molecule has 1 aliphatic heterocycles. The summed E-state index contributed by atoms with van der Waals surface area (Å²) < 4.78 is 4.27. The van der Waals surface area contributed by atoms with E-state index in [0.29, 0.717) is 11.6 Å². The first-order chi connectivity index (χ1) is 15.8. The van der Waals surface area contributed by atoms with E-state index < -0.39 is 0 Å². The van der Waals surface area contributed by atoms with Crippen molar-refractivity contribution in [3.63, 3.8) is 0 Å². The lowest BCUT2D eigenvalue weighted by Crippen LogP contribution is -2.42. The molecule has 0 atom stereocenters. The zero-order valence-electron chi connectivity index (χ0n) is 18.4. The highest BCUT2D eigenvalue weighted by Gasteiger charge is 2.26. The van der Waals surface area contributed by atoms with Gasteiger partial charge in [0, 0.05) is 49.5 Å². The number of hydrogen-bond acceptors (Lipinski definition) is 5. The van der Waals surface area contributed by atoms with Crippen molar-refractivity contribution in [1.82, 2.24) is 4.90 Å². The first-order valence-corrected chi connectivity index (χ1v) is 12.2. The summed E-state index contributed by atoms with van der Waals surface area (Å²) in [6.45, 7) is 3.12. The number of nitriles is 1. The summed E-state index contributed by atoms with van der Waals surface area (Å²) in [5.74, 6) is 0. The number of benzene rings is 3. The summed E-state index contributed by atoms with van der Waals surface area (Å²) in [4.78, 5) is 4.95. The lowest BCUT2D eigenvalue weighted by Gasteiger charge is -2.40. The molecule has 0 bridgehead atoms. The van der Waals surface area contributed by atoms with Crippen LogP contribution in [0.2, 0.25) is 0 Å². The van der Waals surface area contributed by atoms with E-state index >= 15 is 0 Å². The van der Waals surface area contributed by atoms with Gasteiger partial charge in [0.25, 0.3) is 0 Å². The van der Waals surface area contributed by atoms with Gasteiger partial charge in [-0.15, -0.1) is 0 Å². The second kappa shape index (κ2) is 11.0. The molecule has 5 heteroatoms. The van der Waals surface area contributed by atoms with Crippen LogP contribution in [0, 0.1) is 11.3 Å². The second-order valence-corrected chi connectivity index (χ2v) is 8.61. The van der Waals surface area contributed by atoms with E-state index in [2.05, 4.69) is 80.9 Å². The monoisotopic (exact) mass is 440 g/mol. The highest BCUT2D eigenvalue weighted by atomic mass is 32.2. The number of rotatable bonds is 7. The average molecular weight is 441 g/mol. The Labute approximate surface area is 195 Å². The van der Waals surface area contributed by atoms with Crippen molar-refractivity contribution in [2.45, 2.75) is 25.4 Å². The Kier molecular flexibility index (Phi) is 7.60. The highest BCUT2D eigenvalue weighted by Crippen LogP contribution is 2.33. The van der Waals surface area contributed by atoms with Crippen molar-refractivity contribution in [2.75, 3.05) is 24.2 Å². The molecule has 1 heterocycles. The van der Waals surface area contributed by atoms with Gasteiger partial charge in [0.15, 0.2) is 0 Å². The Balaban J connectivity index is 1.54. The fourth-order valence-corrected chi connectivity index (χ4v) is 4.53. The molecule has 1 aliphatic rings. The van der Waals surface area contributed by atoms with Gasteiger partial charge in [-0.3, -0.25) is 4.90 Å². The molecule has 162 valence electrons. The van der Waals surface area contributed by atoms with Crippen LogP contribution in [0.1, 0.15) is 29.5 Å². The minimum atomic E-state index is 0.390. The van der Waals surface area contributed by atoms with Gasteiger partial charge >= 0.3 is 0 Å². The fourth-order valence-electron chi connectivity index (χ4n) is 4.31. The number of hydrogen-bond donors (Lipinski definition) is 0. The molecule has 0 aliphatic carbocycles. The normalized spacial score (nSPS) is 15.0. The van der Waals surface area contributed by atoms with Gasteiger partial charge in [-0.05, 0) is 66.2 Å². The van der Waals surface area contributed by atoms with Crippen LogP contribution in [0.4, 0.5) is 11.4 Å². The Bertz CT molecular complexity index is 1060. The zero-order valence-corrected chi connectivity index (χ0v) is 19.2. The Morgan fingerprint density at radius 1 is 1.00 bits per heavy atom. The van der Waals surface area contributed by atoms with Crippen LogP contribution in [0.5, 0.6) is 0 Å².